The molecule has 0 aromatic rings. The zero-order valence-corrected chi connectivity index (χ0v) is 15.1. The Balaban J connectivity index is 1.95. The van der Waals surface area contributed by atoms with Crippen molar-refractivity contribution in [3.63, 3.8) is 0 Å². The van der Waals surface area contributed by atoms with Crippen LogP contribution in [0.4, 0.5) is 13.6 Å². The SMILES string of the molecule is CCOC(=O)CC(=O)C1CCN(C(=O)O)C(CC2CCC(F)(F)CC2)C1. The molecule has 2 atom stereocenters. The summed E-state index contributed by atoms with van der Waals surface area (Å²) in [6.45, 7) is 2.10. The Morgan fingerprint density at radius 1 is 1.19 bits per heavy atom. The Hall–Kier alpha value is -1.73. The van der Waals surface area contributed by atoms with Gasteiger partial charge in [0.1, 0.15) is 12.2 Å². The smallest absolute Gasteiger partial charge is 0.407 e. The molecule has 2 unspecified atom stereocenters. The highest BCUT2D eigenvalue weighted by atomic mass is 19.3. The highest BCUT2D eigenvalue weighted by Crippen LogP contribution is 2.40. The predicted octanol–water partition coefficient (Wildman–Crippen LogP) is 3.48. The van der Waals surface area contributed by atoms with Crippen LogP contribution in [0.5, 0.6) is 0 Å². The number of carboxylic acid groups (broad SMARTS) is 1. The second-order valence-corrected chi connectivity index (χ2v) is 7.33. The topological polar surface area (TPSA) is 83.9 Å². The fourth-order valence-electron chi connectivity index (χ4n) is 4.04. The van der Waals surface area contributed by atoms with Gasteiger partial charge >= 0.3 is 12.1 Å². The molecule has 1 heterocycles. The van der Waals surface area contributed by atoms with Gasteiger partial charge in [-0.25, -0.2) is 13.6 Å². The van der Waals surface area contributed by atoms with E-state index in [1.54, 1.807) is 6.92 Å². The molecule has 1 saturated carbocycles. The number of piperidine rings is 1. The molecule has 0 spiro atoms. The molecule has 2 fully saturated rings. The maximum atomic E-state index is 13.3. The number of likely N-dealkylation sites (tertiary alicyclic amines) is 1. The van der Waals surface area contributed by atoms with Crippen LogP contribution >= 0.6 is 0 Å². The molecule has 148 valence electrons. The lowest BCUT2D eigenvalue weighted by Crippen LogP contribution is -2.48. The number of ketones is 1. The summed E-state index contributed by atoms with van der Waals surface area (Å²) in [5.74, 6) is -3.75. The van der Waals surface area contributed by atoms with Crippen molar-refractivity contribution in [1.82, 2.24) is 4.90 Å². The molecule has 0 bridgehead atoms. The molecule has 1 aliphatic heterocycles. The number of halogens is 2. The summed E-state index contributed by atoms with van der Waals surface area (Å²) in [5.41, 5.74) is 0. The van der Waals surface area contributed by atoms with Gasteiger partial charge in [-0.3, -0.25) is 9.59 Å². The van der Waals surface area contributed by atoms with E-state index in [1.807, 2.05) is 0 Å². The van der Waals surface area contributed by atoms with Crippen LogP contribution in [0.25, 0.3) is 0 Å². The average Bonchev–Trinajstić information content (AvgIpc) is 2.56. The Kier molecular flexibility index (Phi) is 6.94. The first-order chi connectivity index (χ1) is 12.2. The van der Waals surface area contributed by atoms with Gasteiger partial charge in [0.2, 0.25) is 5.92 Å². The van der Waals surface area contributed by atoms with Crippen molar-refractivity contribution < 1.29 is 33.0 Å². The molecule has 8 heteroatoms. The summed E-state index contributed by atoms with van der Waals surface area (Å²) in [6.07, 6.45) is 0.288. The van der Waals surface area contributed by atoms with Gasteiger partial charge in [0, 0.05) is 31.3 Å². The van der Waals surface area contributed by atoms with Crippen LogP contribution in [0.2, 0.25) is 0 Å². The number of carbonyl (C=O) groups is 3. The molecule has 1 aliphatic carbocycles. The monoisotopic (exact) mass is 375 g/mol. The van der Waals surface area contributed by atoms with Crippen LogP contribution in [0.1, 0.15) is 58.3 Å². The number of hydrogen-bond donors (Lipinski definition) is 1. The van der Waals surface area contributed by atoms with Gasteiger partial charge < -0.3 is 14.7 Å². The van der Waals surface area contributed by atoms with Crippen LogP contribution in [-0.2, 0) is 14.3 Å². The minimum Gasteiger partial charge on any atom is -0.466 e. The number of ether oxygens (including phenoxy) is 1. The number of amides is 1. The lowest BCUT2D eigenvalue weighted by Gasteiger charge is -2.40. The van der Waals surface area contributed by atoms with Gasteiger partial charge in [0.25, 0.3) is 0 Å². The number of esters is 1. The number of alkyl halides is 2. The van der Waals surface area contributed by atoms with E-state index < -0.39 is 18.0 Å². The highest BCUT2D eigenvalue weighted by molar-refractivity contribution is 5.96. The van der Waals surface area contributed by atoms with Crippen molar-refractivity contribution in [2.45, 2.75) is 70.3 Å². The molecule has 0 aromatic carbocycles. The van der Waals surface area contributed by atoms with E-state index in [0.717, 1.165) is 0 Å². The number of rotatable bonds is 6. The van der Waals surface area contributed by atoms with Crippen molar-refractivity contribution in [3.05, 3.63) is 0 Å². The van der Waals surface area contributed by atoms with E-state index in [1.165, 1.54) is 4.90 Å². The summed E-state index contributed by atoms with van der Waals surface area (Å²) in [4.78, 5) is 36.6. The summed E-state index contributed by atoms with van der Waals surface area (Å²) >= 11 is 0. The van der Waals surface area contributed by atoms with Gasteiger partial charge in [0.05, 0.1) is 6.61 Å². The third-order valence-electron chi connectivity index (χ3n) is 5.48. The Bertz CT molecular complexity index is 530. The standard InChI is InChI=1S/C18H27F2NO5/c1-2-26-16(23)11-15(22)13-5-8-21(17(24)25)14(10-13)9-12-3-6-18(19,20)7-4-12/h12-14H,2-11H2,1H3,(H,24,25). The quantitative estimate of drug-likeness (QED) is 0.568. The molecule has 6 nitrogen and oxygen atoms in total. The predicted molar refractivity (Wildman–Crippen MR) is 89.0 cm³/mol. The van der Waals surface area contributed by atoms with E-state index in [2.05, 4.69) is 0 Å². The zero-order valence-electron chi connectivity index (χ0n) is 15.1. The number of carbonyl (C=O) groups excluding carboxylic acids is 2. The summed E-state index contributed by atoms with van der Waals surface area (Å²) in [7, 11) is 0. The average molecular weight is 375 g/mol. The molecular formula is C18H27F2NO5. The Morgan fingerprint density at radius 2 is 1.85 bits per heavy atom. The molecule has 2 rings (SSSR count). The molecule has 1 amide bonds. The van der Waals surface area contributed by atoms with Crippen LogP contribution in [0.3, 0.4) is 0 Å². The van der Waals surface area contributed by atoms with Crippen molar-refractivity contribution in [3.8, 4) is 0 Å². The lowest BCUT2D eigenvalue weighted by atomic mass is 9.78. The Morgan fingerprint density at radius 3 is 2.42 bits per heavy atom. The van der Waals surface area contributed by atoms with Gasteiger partial charge in [-0.15, -0.1) is 0 Å². The second-order valence-electron chi connectivity index (χ2n) is 7.33. The third kappa shape index (κ3) is 5.64. The maximum Gasteiger partial charge on any atom is 0.407 e. The fraction of sp³-hybridized carbons (Fsp3) is 0.833. The lowest BCUT2D eigenvalue weighted by molar-refractivity contribution is -0.146. The van der Waals surface area contributed by atoms with Gasteiger partial charge in [-0.1, -0.05) is 0 Å². The van der Waals surface area contributed by atoms with E-state index in [4.69, 9.17) is 4.74 Å². The maximum absolute atomic E-state index is 13.3. The van der Waals surface area contributed by atoms with Crippen molar-refractivity contribution in [1.29, 1.82) is 0 Å². The van der Waals surface area contributed by atoms with Crippen LogP contribution in [0, 0.1) is 11.8 Å². The first-order valence-electron chi connectivity index (χ1n) is 9.27. The minimum absolute atomic E-state index is 0.0420. The van der Waals surface area contributed by atoms with E-state index in [9.17, 15) is 28.3 Å². The molecule has 0 radical (unpaired) electrons. The summed E-state index contributed by atoms with van der Waals surface area (Å²) < 4.78 is 31.4. The zero-order chi connectivity index (χ0) is 19.3. The minimum atomic E-state index is -2.62. The Labute approximate surface area is 151 Å². The summed E-state index contributed by atoms with van der Waals surface area (Å²) in [5, 5.41) is 9.41. The van der Waals surface area contributed by atoms with Crippen molar-refractivity contribution in [2.24, 2.45) is 11.8 Å². The molecule has 0 aromatic heterocycles. The highest BCUT2D eigenvalue weighted by Gasteiger charge is 2.39. The normalized spacial score (nSPS) is 26.3. The van der Waals surface area contributed by atoms with Gasteiger partial charge in [0.15, 0.2) is 0 Å². The first kappa shape index (κ1) is 20.6. The molecule has 1 saturated heterocycles. The van der Waals surface area contributed by atoms with E-state index in [0.29, 0.717) is 32.1 Å². The molecule has 26 heavy (non-hydrogen) atoms. The van der Waals surface area contributed by atoms with Crippen LogP contribution in [0.15, 0.2) is 0 Å². The second kappa shape index (κ2) is 8.77. The number of hydrogen-bond acceptors (Lipinski definition) is 4. The van der Waals surface area contributed by atoms with E-state index in [-0.39, 0.29) is 56.1 Å². The first-order valence-corrected chi connectivity index (χ1v) is 9.27. The van der Waals surface area contributed by atoms with Crippen molar-refractivity contribution in [2.75, 3.05) is 13.2 Å². The molecule has 1 N–H and O–H groups in total. The number of nitrogens with zero attached hydrogens (tertiary/aromatic N) is 1. The van der Waals surface area contributed by atoms with Crippen LogP contribution in [-0.4, -0.2) is 53.0 Å². The van der Waals surface area contributed by atoms with Gasteiger partial charge in [-0.05, 0) is 44.9 Å². The van der Waals surface area contributed by atoms with Crippen LogP contribution < -0.4 is 0 Å². The number of Topliss-reactive ketones (excluding diaryl/α,β-unsaturated/α-hetero) is 1. The third-order valence-corrected chi connectivity index (χ3v) is 5.48. The fourth-order valence-corrected chi connectivity index (χ4v) is 4.04. The summed E-state index contributed by atoms with van der Waals surface area (Å²) in [6, 6.07) is -0.367. The molecular weight excluding hydrogens is 348 g/mol. The van der Waals surface area contributed by atoms with Crippen molar-refractivity contribution >= 4 is 17.8 Å². The van der Waals surface area contributed by atoms with Gasteiger partial charge in [-0.2, -0.15) is 0 Å². The van der Waals surface area contributed by atoms with E-state index >= 15 is 0 Å². The molecule has 2 aliphatic rings. The largest absolute Gasteiger partial charge is 0.466 e.